The van der Waals surface area contributed by atoms with Gasteiger partial charge in [-0.2, -0.15) is 0 Å². The molecule has 2 N–H and O–H groups in total. The number of carbonyl (C=O) groups excluding carboxylic acids is 1. The van der Waals surface area contributed by atoms with E-state index in [1.807, 2.05) is 60.7 Å². The molecule has 0 aliphatic rings. The fraction of sp³-hybridized carbons (Fsp3) is 0.0741. The minimum absolute atomic E-state index is 0.0694. The molecule has 1 heterocycles. The molecular formula is C27H21FN2OS. The van der Waals surface area contributed by atoms with E-state index in [0.717, 1.165) is 37.8 Å². The Morgan fingerprint density at radius 3 is 2.41 bits per heavy atom. The summed E-state index contributed by atoms with van der Waals surface area (Å²) < 4.78 is 13.4. The molecule has 158 valence electrons. The number of hydrogen-bond donors (Lipinski definition) is 2. The molecular weight excluding hydrogens is 419 g/mol. The number of H-pyrrole nitrogens is 1. The number of rotatable bonds is 6. The number of thioether (sulfide) groups is 1. The predicted octanol–water partition coefficient (Wildman–Crippen LogP) is 6.65. The van der Waals surface area contributed by atoms with Crippen molar-refractivity contribution in [3.63, 3.8) is 0 Å². The van der Waals surface area contributed by atoms with Crippen LogP contribution in [-0.4, -0.2) is 23.2 Å². The lowest BCUT2D eigenvalue weighted by Gasteiger charge is -2.09. The average molecular weight is 441 g/mol. The molecule has 0 unspecified atom stereocenters. The van der Waals surface area contributed by atoms with Gasteiger partial charge in [-0.05, 0) is 52.7 Å². The second-order valence-corrected chi connectivity index (χ2v) is 8.62. The zero-order chi connectivity index (χ0) is 21.9. The second kappa shape index (κ2) is 8.89. The maximum Gasteiger partial charge on any atom is 0.251 e. The number of para-hydroxylation sites is 1. The van der Waals surface area contributed by atoms with Crippen molar-refractivity contribution >= 4 is 39.3 Å². The van der Waals surface area contributed by atoms with E-state index >= 15 is 0 Å². The van der Waals surface area contributed by atoms with Gasteiger partial charge in [-0.1, -0.05) is 54.6 Å². The molecule has 1 amide bonds. The minimum atomic E-state index is -0.254. The summed E-state index contributed by atoms with van der Waals surface area (Å²) in [6.07, 6.45) is 0. The Kier molecular flexibility index (Phi) is 5.65. The molecule has 0 saturated heterocycles. The molecule has 0 aliphatic heterocycles. The van der Waals surface area contributed by atoms with Crippen LogP contribution in [0.4, 0.5) is 4.39 Å². The van der Waals surface area contributed by atoms with Gasteiger partial charge >= 0.3 is 0 Å². The first-order valence-corrected chi connectivity index (χ1v) is 11.4. The molecule has 0 bridgehead atoms. The summed E-state index contributed by atoms with van der Waals surface area (Å²) >= 11 is 1.68. The van der Waals surface area contributed by atoms with Crippen LogP contribution in [0.25, 0.3) is 32.9 Å². The Morgan fingerprint density at radius 2 is 1.56 bits per heavy atom. The number of nitrogens with one attached hydrogen (secondary N) is 2. The number of hydrogen-bond acceptors (Lipinski definition) is 2. The van der Waals surface area contributed by atoms with E-state index in [2.05, 4.69) is 16.4 Å². The van der Waals surface area contributed by atoms with Crippen molar-refractivity contribution in [1.82, 2.24) is 10.3 Å². The molecule has 0 aliphatic carbocycles. The number of aromatic nitrogens is 1. The van der Waals surface area contributed by atoms with Gasteiger partial charge < -0.3 is 10.3 Å². The van der Waals surface area contributed by atoms with E-state index in [4.69, 9.17) is 0 Å². The summed E-state index contributed by atoms with van der Waals surface area (Å²) in [5.41, 5.74) is 3.63. The number of benzene rings is 4. The number of aromatic amines is 1. The summed E-state index contributed by atoms with van der Waals surface area (Å²) in [5, 5.41) is 6.18. The van der Waals surface area contributed by atoms with Gasteiger partial charge in [0.05, 0.1) is 5.69 Å². The standard InChI is InChI=1S/C27H21FN2OS/c28-20-14-12-19(13-15-20)25-26(23-9-3-4-11-24(23)30-25)32-17-16-29-27(31)22-10-5-7-18-6-1-2-8-21(18)22/h1-15,30H,16-17H2,(H,29,31). The zero-order valence-electron chi connectivity index (χ0n) is 17.3. The molecule has 0 radical (unpaired) electrons. The summed E-state index contributed by atoms with van der Waals surface area (Å²) in [6, 6.07) is 28.3. The van der Waals surface area contributed by atoms with E-state index in [0.29, 0.717) is 17.9 Å². The molecule has 0 fully saturated rings. The maximum atomic E-state index is 13.4. The van der Waals surface area contributed by atoms with Crippen molar-refractivity contribution in [2.45, 2.75) is 4.90 Å². The van der Waals surface area contributed by atoms with Crippen LogP contribution in [0.5, 0.6) is 0 Å². The maximum absolute atomic E-state index is 13.4. The van der Waals surface area contributed by atoms with Gasteiger partial charge in [-0.3, -0.25) is 4.79 Å². The van der Waals surface area contributed by atoms with Crippen LogP contribution in [0, 0.1) is 5.82 Å². The number of fused-ring (bicyclic) bond motifs is 2. The summed E-state index contributed by atoms with van der Waals surface area (Å²) in [6.45, 7) is 0.537. The molecule has 5 rings (SSSR count). The van der Waals surface area contributed by atoms with Crippen molar-refractivity contribution in [2.75, 3.05) is 12.3 Å². The van der Waals surface area contributed by atoms with Crippen LogP contribution in [0.3, 0.4) is 0 Å². The van der Waals surface area contributed by atoms with Gasteiger partial charge in [0.1, 0.15) is 5.82 Å². The number of halogens is 1. The zero-order valence-corrected chi connectivity index (χ0v) is 18.1. The van der Waals surface area contributed by atoms with E-state index in [1.165, 1.54) is 12.1 Å². The van der Waals surface area contributed by atoms with Crippen LogP contribution in [-0.2, 0) is 0 Å². The highest BCUT2D eigenvalue weighted by Gasteiger charge is 2.14. The topological polar surface area (TPSA) is 44.9 Å². The van der Waals surface area contributed by atoms with Crippen LogP contribution in [0.15, 0.2) is 95.9 Å². The SMILES string of the molecule is O=C(NCCSc1c(-c2ccc(F)cc2)[nH]c2ccccc12)c1cccc2ccccc12. The van der Waals surface area contributed by atoms with Gasteiger partial charge in [-0.15, -0.1) is 11.8 Å². The van der Waals surface area contributed by atoms with Crippen LogP contribution >= 0.6 is 11.8 Å². The molecule has 32 heavy (non-hydrogen) atoms. The Labute approximate surface area is 189 Å². The van der Waals surface area contributed by atoms with Gasteiger partial charge in [0.2, 0.25) is 0 Å². The van der Waals surface area contributed by atoms with Gasteiger partial charge in [0.25, 0.3) is 5.91 Å². The quantitative estimate of drug-likeness (QED) is 0.229. The summed E-state index contributed by atoms with van der Waals surface area (Å²) in [5.74, 6) is 0.391. The van der Waals surface area contributed by atoms with E-state index < -0.39 is 0 Å². The monoisotopic (exact) mass is 440 g/mol. The lowest BCUT2D eigenvalue weighted by atomic mass is 10.0. The van der Waals surface area contributed by atoms with Crippen LogP contribution in [0.2, 0.25) is 0 Å². The molecule has 5 aromatic rings. The number of amides is 1. The average Bonchev–Trinajstić information content (AvgIpc) is 3.20. The third kappa shape index (κ3) is 3.99. The molecule has 0 spiro atoms. The van der Waals surface area contributed by atoms with Crippen molar-refractivity contribution in [3.05, 3.63) is 102 Å². The minimum Gasteiger partial charge on any atom is -0.354 e. The highest BCUT2D eigenvalue weighted by Crippen LogP contribution is 2.37. The summed E-state index contributed by atoms with van der Waals surface area (Å²) in [4.78, 5) is 17.4. The van der Waals surface area contributed by atoms with Crippen molar-refractivity contribution < 1.29 is 9.18 Å². The molecule has 0 saturated carbocycles. The molecule has 3 nitrogen and oxygen atoms in total. The highest BCUT2D eigenvalue weighted by molar-refractivity contribution is 7.99. The summed E-state index contributed by atoms with van der Waals surface area (Å²) in [7, 11) is 0. The third-order valence-corrected chi connectivity index (χ3v) is 6.58. The normalized spacial score (nSPS) is 11.2. The van der Waals surface area contributed by atoms with Gasteiger partial charge in [0, 0.05) is 33.7 Å². The van der Waals surface area contributed by atoms with Crippen LogP contribution < -0.4 is 5.32 Å². The van der Waals surface area contributed by atoms with E-state index in [-0.39, 0.29) is 11.7 Å². The van der Waals surface area contributed by atoms with Crippen LogP contribution in [0.1, 0.15) is 10.4 Å². The van der Waals surface area contributed by atoms with Gasteiger partial charge in [-0.25, -0.2) is 4.39 Å². The first-order valence-electron chi connectivity index (χ1n) is 10.5. The highest BCUT2D eigenvalue weighted by atomic mass is 32.2. The van der Waals surface area contributed by atoms with E-state index in [1.54, 1.807) is 23.9 Å². The molecule has 1 aromatic heterocycles. The van der Waals surface area contributed by atoms with Crippen molar-refractivity contribution in [1.29, 1.82) is 0 Å². The molecule has 0 atom stereocenters. The lowest BCUT2D eigenvalue weighted by Crippen LogP contribution is -2.25. The first kappa shape index (κ1) is 20.3. The Balaban J connectivity index is 1.33. The Bertz CT molecular complexity index is 1400. The van der Waals surface area contributed by atoms with E-state index in [9.17, 15) is 9.18 Å². The van der Waals surface area contributed by atoms with Crippen molar-refractivity contribution in [3.8, 4) is 11.3 Å². The third-order valence-electron chi connectivity index (χ3n) is 5.46. The smallest absolute Gasteiger partial charge is 0.251 e. The Morgan fingerprint density at radius 1 is 0.844 bits per heavy atom. The largest absolute Gasteiger partial charge is 0.354 e. The fourth-order valence-corrected chi connectivity index (χ4v) is 4.98. The second-order valence-electron chi connectivity index (χ2n) is 7.51. The van der Waals surface area contributed by atoms with Crippen molar-refractivity contribution in [2.24, 2.45) is 0 Å². The molecule has 5 heteroatoms. The predicted molar refractivity (Wildman–Crippen MR) is 131 cm³/mol. The first-order chi connectivity index (χ1) is 15.7. The number of carbonyl (C=O) groups is 1. The Hall–Kier alpha value is -3.57. The lowest BCUT2D eigenvalue weighted by molar-refractivity contribution is 0.0958. The fourth-order valence-electron chi connectivity index (χ4n) is 3.92. The van der Waals surface area contributed by atoms with Gasteiger partial charge in [0.15, 0.2) is 0 Å². The molecule has 4 aromatic carbocycles.